The zero-order chi connectivity index (χ0) is 14.0. The third-order valence-electron chi connectivity index (χ3n) is 3.59. The highest BCUT2D eigenvalue weighted by molar-refractivity contribution is 5.70. The molecule has 0 spiro atoms. The van der Waals surface area contributed by atoms with E-state index in [1.165, 1.54) is 22.3 Å². The molecule has 0 aromatic heterocycles. The fraction of sp³-hybridized carbons (Fsp3) is 0.333. The van der Waals surface area contributed by atoms with Gasteiger partial charge in [0.25, 0.3) is 0 Å². The van der Waals surface area contributed by atoms with E-state index in [4.69, 9.17) is 5.73 Å². The van der Waals surface area contributed by atoms with Crippen LogP contribution in [0.15, 0.2) is 42.5 Å². The molecule has 2 aromatic carbocycles. The molecule has 0 fully saturated rings. The summed E-state index contributed by atoms with van der Waals surface area (Å²) < 4.78 is 0. The summed E-state index contributed by atoms with van der Waals surface area (Å²) in [5.41, 5.74) is 12.0. The standard InChI is InChI=1S/C18H23N/c1-12(2)15-7-10-17(18(11-15)13(3)4)14-5-8-16(19)9-6-14/h5-13H,19H2,1-4H3. The highest BCUT2D eigenvalue weighted by Gasteiger charge is 2.11. The van der Waals surface area contributed by atoms with Gasteiger partial charge in [0, 0.05) is 5.69 Å². The van der Waals surface area contributed by atoms with Crippen molar-refractivity contribution in [3.8, 4) is 11.1 Å². The van der Waals surface area contributed by atoms with Gasteiger partial charge in [-0.3, -0.25) is 0 Å². The molecular formula is C18H23N. The van der Waals surface area contributed by atoms with Crippen molar-refractivity contribution in [1.29, 1.82) is 0 Å². The Kier molecular flexibility index (Phi) is 3.94. The second-order valence-corrected chi connectivity index (χ2v) is 5.78. The summed E-state index contributed by atoms with van der Waals surface area (Å²) in [6, 6.07) is 15.0. The molecule has 0 saturated heterocycles. The van der Waals surface area contributed by atoms with Crippen molar-refractivity contribution in [3.63, 3.8) is 0 Å². The van der Waals surface area contributed by atoms with E-state index in [0.717, 1.165) is 5.69 Å². The average Bonchev–Trinajstić information content (AvgIpc) is 2.38. The van der Waals surface area contributed by atoms with E-state index >= 15 is 0 Å². The molecule has 0 radical (unpaired) electrons. The summed E-state index contributed by atoms with van der Waals surface area (Å²) in [5.74, 6) is 1.09. The summed E-state index contributed by atoms with van der Waals surface area (Å²) in [7, 11) is 0. The molecule has 0 amide bonds. The van der Waals surface area contributed by atoms with Crippen molar-refractivity contribution in [1.82, 2.24) is 0 Å². The zero-order valence-corrected chi connectivity index (χ0v) is 12.3. The van der Waals surface area contributed by atoms with Crippen molar-refractivity contribution in [2.45, 2.75) is 39.5 Å². The number of rotatable bonds is 3. The van der Waals surface area contributed by atoms with E-state index in [0.29, 0.717) is 11.8 Å². The third-order valence-corrected chi connectivity index (χ3v) is 3.59. The van der Waals surface area contributed by atoms with E-state index in [-0.39, 0.29) is 0 Å². The van der Waals surface area contributed by atoms with Gasteiger partial charge in [-0.05, 0) is 46.2 Å². The van der Waals surface area contributed by atoms with E-state index < -0.39 is 0 Å². The fourth-order valence-corrected chi connectivity index (χ4v) is 2.34. The Bertz CT molecular complexity index is 550. The van der Waals surface area contributed by atoms with Crippen LogP contribution < -0.4 is 5.73 Å². The van der Waals surface area contributed by atoms with Gasteiger partial charge in [0.05, 0.1) is 0 Å². The molecule has 1 heteroatoms. The number of benzene rings is 2. The van der Waals surface area contributed by atoms with Gasteiger partial charge in [-0.1, -0.05) is 58.0 Å². The summed E-state index contributed by atoms with van der Waals surface area (Å²) in [6.45, 7) is 8.98. The molecule has 0 saturated carbocycles. The minimum absolute atomic E-state index is 0.520. The first-order valence-electron chi connectivity index (χ1n) is 6.98. The van der Waals surface area contributed by atoms with Gasteiger partial charge in [-0.15, -0.1) is 0 Å². The lowest BCUT2D eigenvalue weighted by Gasteiger charge is -2.16. The first kappa shape index (κ1) is 13.7. The molecule has 2 rings (SSSR count). The Balaban J connectivity index is 2.53. The lowest BCUT2D eigenvalue weighted by Crippen LogP contribution is -1.97. The minimum Gasteiger partial charge on any atom is -0.399 e. The Morgan fingerprint density at radius 3 is 1.95 bits per heavy atom. The van der Waals surface area contributed by atoms with E-state index in [9.17, 15) is 0 Å². The average molecular weight is 253 g/mol. The zero-order valence-electron chi connectivity index (χ0n) is 12.3. The van der Waals surface area contributed by atoms with Gasteiger partial charge < -0.3 is 5.73 Å². The van der Waals surface area contributed by atoms with E-state index in [2.05, 4.69) is 58.0 Å². The molecule has 0 aliphatic carbocycles. The van der Waals surface area contributed by atoms with Crippen LogP contribution >= 0.6 is 0 Å². The topological polar surface area (TPSA) is 26.0 Å². The largest absolute Gasteiger partial charge is 0.399 e. The molecule has 1 nitrogen and oxygen atoms in total. The van der Waals surface area contributed by atoms with Crippen LogP contribution in [-0.4, -0.2) is 0 Å². The van der Waals surface area contributed by atoms with Gasteiger partial charge in [0.2, 0.25) is 0 Å². The number of hydrogen-bond acceptors (Lipinski definition) is 1. The lowest BCUT2D eigenvalue weighted by atomic mass is 9.88. The van der Waals surface area contributed by atoms with Crippen LogP contribution in [0.4, 0.5) is 5.69 Å². The first-order chi connectivity index (χ1) is 8.99. The summed E-state index contributed by atoms with van der Waals surface area (Å²) >= 11 is 0. The Morgan fingerprint density at radius 1 is 0.789 bits per heavy atom. The Morgan fingerprint density at radius 2 is 1.42 bits per heavy atom. The molecule has 100 valence electrons. The minimum atomic E-state index is 0.520. The number of anilines is 1. The molecule has 0 aliphatic rings. The van der Waals surface area contributed by atoms with Crippen LogP contribution in [0.5, 0.6) is 0 Å². The molecule has 0 heterocycles. The maximum Gasteiger partial charge on any atom is 0.0314 e. The van der Waals surface area contributed by atoms with Crippen LogP contribution in [-0.2, 0) is 0 Å². The smallest absolute Gasteiger partial charge is 0.0314 e. The lowest BCUT2D eigenvalue weighted by molar-refractivity contribution is 0.835. The maximum absolute atomic E-state index is 5.77. The van der Waals surface area contributed by atoms with Gasteiger partial charge in [0.15, 0.2) is 0 Å². The van der Waals surface area contributed by atoms with Crippen LogP contribution in [0, 0.1) is 0 Å². The number of nitrogens with two attached hydrogens (primary N) is 1. The predicted molar refractivity (Wildman–Crippen MR) is 84.5 cm³/mol. The maximum atomic E-state index is 5.77. The van der Waals surface area contributed by atoms with Crippen LogP contribution in [0.1, 0.15) is 50.7 Å². The molecule has 0 atom stereocenters. The molecule has 0 aliphatic heterocycles. The summed E-state index contributed by atoms with van der Waals surface area (Å²) in [6.07, 6.45) is 0. The van der Waals surface area contributed by atoms with Gasteiger partial charge in [0.1, 0.15) is 0 Å². The molecule has 0 unspecified atom stereocenters. The highest BCUT2D eigenvalue weighted by atomic mass is 14.5. The van der Waals surface area contributed by atoms with Gasteiger partial charge in [-0.2, -0.15) is 0 Å². The normalized spacial score (nSPS) is 11.3. The molecule has 2 aromatic rings. The molecular weight excluding hydrogens is 230 g/mol. The number of nitrogen functional groups attached to an aromatic ring is 1. The Labute approximate surface area is 116 Å². The first-order valence-corrected chi connectivity index (χ1v) is 6.98. The van der Waals surface area contributed by atoms with Gasteiger partial charge >= 0.3 is 0 Å². The van der Waals surface area contributed by atoms with Crippen LogP contribution in [0.2, 0.25) is 0 Å². The van der Waals surface area contributed by atoms with Crippen molar-refractivity contribution in [3.05, 3.63) is 53.6 Å². The summed E-state index contributed by atoms with van der Waals surface area (Å²) in [4.78, 5) is 0. The van der Waals surface area contributed by atoms with Gasteiger partial charge in [-0.25, -0.2) is 0 Å². The molecule has 0 bridgehead atoms. The summed E-state index contributed by atoms with van der Waals surface area (Å²) in [5, 5.41) is 0. The third kappa shape index (κ3) is 2.98. The quantitative estimate of drug-likeness (QED) is 0.749. The monoisotopic (exact) mass is 253 g/mol. The second-order valence-electron chi connectivity index (χ2n) is 5.78. The van der Waals surface area contributed by atoms with Crippen LogP contribution in [0.3, 0.4) is 0 Å². The second kappa shape index (κ2) is 5.48. The van der Waals surface area contributed by atoms with E-state index in [1.54, 1.807) is 0 Å². The molecule has 2 N–H and O–H groups in total. The van der Waals surface area contributed by atoms with Crippen molar-refractivity contribution >= 4 is 5.69 Å². The van der Waals surface area contributed by atoms with Crippen molar-refractivity contribution in [2.24, 2.45) is 0 Å². The Hall–Kier alpha value is -1.76. The van der Waals surface area contributed by atoms with Crippen molar-refractivity contribution < 1.29 is 0 Å². The predicted octanol–water partition coefficient (Wildman–Crippen LogP) is 5.18. The highest BCUT2D eigenvalue weighted by Crippen LogP contribution is 2.32. The van der Waals surface area contributed by atoms with Crippen LogP contribution in [0.25, 0.3) is 11.1 Å². The number of hydrogen-bond donors (Lipinski definition) is 1. The molecule has 19 heavy (non-hydrogen) atoms. The van der Waals surface area contributed by atoms with Crippen molar-refractivity contribution in [2.75, 3.05) is 5.73 Å². The fourth-order valence-electron chi connectivity index (χ4n) is 2.34. The SMILES string of the molecule is CC(C)c1ccc(-c2ccc(N)cc2)c(C(C)C)c1. The van der Waals surface area contributed by atoms with E-state index in [1.807, 2.05) is 12.1 Å².